The molecular formula is C10H15N5O2S. The van der Waals surface area contributed by atoms with E-state index < -0.39 is 4.92 Å². The van der Waals surface area contributed by atoms with E-state index in [2.05, 4.69) is 15.3 Å². The van der Waals surface area contributed by atoms with E-state index >= 15 is 0 Å². The van der Waals surface area contributed by atoms with Crippen LogP contribution in [0.3, 0.4) is 0 Å². The Morgan fingerprint density at radius 1 is 1.56 bits per heavy atom. The number of rotatable bonds is 4. The highest BCUT2D eigenvalue weighted by Gasteiger charge is 2.22. The molecule has 98 valence electrons. The Morgan fingerprint density at radius 3 is 3.06 bits per heavy atom. The van der Waals surface area contributed by atoms with Crippen LogP contribution in [0, 0.1) is 10.1 Å². The largest absolute Gasteiger partial charge is 0.378 e. The second kappa shape index (κ2) is 5.85. The number of nitrogens with two attached hydrogens (primary N) is 1. The molecule has 1 aliphatic rings. The molecule has 1 unspecified atom stereocenters. The predicted octanol–water partition coefficient (Wildman–Crippen LogP) is 1.66. The van der Waals surface area contributed by atoms with Gasteiger partial charge in [0, 0.05) is 11.8 Å². The first-order valence-corrected chi connectivity index (χ1v) is 6.83. The van der Waals surface area contributed by atoms with E-state index in [0.29, 0.717) is 11.8 Å². The average molecular weight is 269 g/mol. The van der Waals surface area contributed by atoms with Gasteiger partial charge in [-0.3, -0.25) is 10.1 Å². The lowest BCUT2D eigenvalue weighted by Gasteiger charge is -2.21. The average Bonchev–Trinajstić information content (AvgIpc) is 2.37. The molecule has 2 heterocycles. The van der Waals surface area contributed by atoms with Crippen LogP contribution in [-0.4, -0.2) is 32.4 Å². The lowest BCUT2D eigenvalue weighted by atomic mass is 10.2. The summed E-state index contributed by atoms with van der Waals surface area (Å²) in [4.78, 5) is 17.9. The van der Waals surface area contributed by atoms with Crippen molar-refractivity contribution in [2.24, 2.45) is 0 Å². The van der Waals surface area contributed by atoms with Crippen molar-refractivity contribution in [2.75, 3.05) is 23.3 Å². The van der Waals surface area contributed by atoms with Gasteiger partial charge in [0.25, 0.3) is 0 Å². The van der Waals surface area contributed by atoms with Crippen LogP contribution in [-0.2, 0) is 0 Å². The summed E-state index contributed by atoms with van der Waals surface area (Å²) in [6, 6.07) is 0. The molecule has 1 atom stereocenters. The first-order valence-electron chi connectivity index (χ1n) is 5.79. The number of thioether (sulfide) groups is 1. The Hall–Kier alpha value is -1.57. The fourth-order valence-electron chi connectivity index (χ4n) is 1.88. The highest BCUT2D eigenvalue weighted by molar-refractivity contribution is 7.99. The quantitative estimate of drug-likeness (QED) is 0.632. The third kappa shape index (κ3) is 3.00. The number of nitro groups is 1. The number of nitrogen functional groups attached to an aromatic ring is 1. The smallest absolute Gasteiger partial charge is 0.352 e. The molecule has 0 spiro atoms. The third-order valence-electron chi connectivity index (χ3n) is 2.80. The molecular weight excluding hydrogens is 254 g/mol. The summed E-state index contributed by atoms with van der Waals surface area (Å²) in [5.74, 6) is 1.26. The van der Waals surface area contributed by atoms with Crippen molar-refractivity contribution >= 4 is 29.1 Å². The van der Waals surface area contributed by atoms with Gasteiger partial charge in [0.2, 0.25) is 11.6 Å². The number of hydrogen-bond donors (Lipinski definition) is 2. The number of nitrogens with one attached hydrogen (secondary N) is 1. The van der Waals surface area contributed by atoms with Gasteiger partial charge in [-0.15, -0.1) is 0 Å². The predicted molar refractivity (Wildman–Crippen MR) is 71.7 cm³/mol. The molecule has 18 heavy (non-hydrogen) atoms. The van der Waals surface area contributed by atoms with Gasteiger partial charge in [0.1, 0.15) is 6.33 Å². The van der Waals surface area contributed by atoms with Crippen molar-refractivity contribution in [1.29, 1.82) is 0 Å². The first kappa shape index (κ1) is 12.9. The molecule has 0 amide bonds. The minimum absolute atomic E-state index is 0.103. The summed E-state index contributed by atoms with van der Waals surface area (Å²) < 4.78 is 0. The van der Waals surface area contributed by atoms with Crippen molar-refractivity contribution in [3.63, 3.8) is 0 Å². The molecule has 1 aliphatic heterocycles. The van der Waals surface area contributed by atoms with Crippen molar-refractivity contribution in [1.82, 2.24) is 9.97 Å². The van der Waals surface area contributed by atoms with Gasteiger partial charge in [-0.1, -0.05) is 6.42 Å². The lowest BCUT2D eigenvalue weighted by molar-refractivity contribution is -0.383. The summed E-state index contributed by atoms with van der Waals surface area (Å²) in [5.41, 5.74) is 5.26. The SMILES string of the molecule is Nc1ncnc(NCC2CCCCS2)c1[N+](=O)[O-]. The van der Waals surface area contributed by atoms with Crippen molar-refractivity contribution in [2.45, 2.75) is 24.5 Å². The monoisotopic (exact) mass is 269 g/mol. The van der Waals surface area contributed by atoms with Crippen molar-refractivity contribution < 1.29 is 4.92 Å². The maximum absolute atomic E-state index is 10.9. The third-order valence-corrected chi connectivity index (χ3v) is 4.20. The Labute approximate surface area is 109 Å². The van der Waals surface area contributed by atoms with Gasteiger partial charge in [-0.2, -0.15) is 11.8 Å². The molecule has 3 N–H and O–H groups in total. The van der Waals surface area contributed by atoms with E-state index in [-0.39, 0.29) is 17.3 Å². The van der Waals surface area contributed by atoms with Gasteiger partial charge < -0.3 is 11.1 Å². The highest BCUT2D eigenvalue weighted by atomic mass is 32.2. The molecule has 0 bridgehead atoms. The Bertz CT molecular complexity index is 436. The van der Waals surface area contributed by atoms with Crippen LogP contribution in [0.15, 0.2) is 6.33 Å². The second-order valence-corrected chi connectivity index (χ2v) is 5.49. The van der Waals surface area contributed by atoms with Gasteiger partial charge in [0.15, 0.2) is 0 Å². The van der Waals surface area contributed by atoms with Crippen LogP contribution in [0.4, 0.5) is 17.3 Å². The number of anilines is 2. The van der Waals surface area contributed by atoms with Gasteiger partial charge in [-0.25, -0.2) is 9.97 Å². The van der Waals surface area contributed by atoms with Crippen LogP contribution < -0.4 is 11.1 Å². The molecule has 0 aliphatic carbocycles. The molecule has 0 aromatic carbocycles. The van der Waals surface area contributed by atoms with Crippen molar-refractivity contribution in [3.8, 4) is 0 Å². The molecule has 7 nitrogen and oxygen atoms in total. The van der Waals surface area contributed by atoms with Crippen molar-refractivity contribution in [3.05, 3.63) is 16.4 Å². The Kier molecular flexibility index (Phi) is 4.19. The van der Waals surface area contributed by atoms with Crippen LogP contribution in [0.1, 0.15) is 19.3 Å². The molecule has 1 fully saturated rings. The number of aromatic nitrogens is 2. The van der Waals surface area contributed by atoms with Gasteiger partial charge >= 0.3 is 5.69 Å². The van der Waals surface area contributed by atoms with Gasteiger partial charge in [-0.05, 0) is 18.6 Å². The van der Waals surface area contributed by atoms with Crippen LogP contribution in [0.2, 0.25) is 0 Å². The summed E-state index contributed by atoms with van der Waals surface area (Å²) in [6.07, 6.45) is 4.83. The van der Waals surface area contributed by atoms with E-state index in [9.17, 15) is 10.1 Å². The Balaban J connectivity index is 2.04. The van der Waals surface area contributed by atoms with E-state index in [4.69, 9.17) is 5.73 Å². The van der Waals surface area contributed by atoms with Crippen LogP contribution in [0.25, 0.3) is 0 Å². The Morgan fingerprint density at radius 2 is 2.39 bits per heavy atom. The molecule has 2 rings (SSSR count). The fourth-order valence-corrected chi connectivity index (χ4v) is 3.12. The summed E-state index contributed by atoms with van der Waals surface area (Å²) in [5, 5.41) is 14.4. The zero-order valence-corrected chi connectivity index (χ0v) is 10.7. The second-order valence-electron chi connectivity index (χ2n) is 4.08. The first-order chi connectivity index (χ1) is 8.68. The number of nitrogens with zero attached hydrogens (tertiary/aromatic N) is 3. The van der Waals surface area contributed by atoms with E-state index in [0.717, 1.165) is 12.2 Å². The highest BCUT2D eigenvalue weighted by Crippen LogP contribution is 2.29. The zero-order chi connectivity index (χ0) is 13.0. The van der Waals surface area contributed by atoms with E-state index in [1.165, 1.54) is 19.2 Å². The van der Waals surface area contributed by atoms with Crippen LogP contribution in [0.5, 0.6) is 0 Å². The zero-order valence-electron chi connectivity index (χ0n) is 9.83. The summed E-state index contributed by atoms with van der Waals surface area (Å²) >= 11 is 1.89. The summed E-state index contributed by atoms with van der Waals surface area (Å²) in [7, 11) is 0. The van der Waals surface area contributed by atoms with E-state index in [1.54, 1.807) is 0 Å². The molecule has 0 saturated carbocycles. The molecule has 1 aromatic heterocycles. The standard InChI is InChI=1S/C10H15N5O2S/c11-9-8(15(16)17)10(14-6-13-9)12-5-7-3-1-2-4-18-7/h6-7H,1-5H2,(H3,11,12,13,14). The minimum atomic E-state index is -0.550. The van der Waals surface area contributed by atoms with Gasteiger partial charge in [0.05, 0.1) is 4.92 Å². The maximum Gasteiger partial charge on any atom is 0.352 e. The maximum atomic E-state index is 10.9. The minimum Gasteiger partial charge on any atom is -0.378 e. The summed E-state index contributed by atoms with van der Waals surface area (Å²) in [6.45, 7) is 0.669. The lowest BCUT2D eigenvalue weighted by Crippen LogP contribution is -2.21. The van der Waals surface area contributed by atoms with E-state index in [1.807, 2.05) is 11.8 Å². The molecule has 1 aromatic rings. The molecule has 1 saturated heterocycles. The molecule has 8 heteroatoms. The normalized spacial score (nSPS) is 19.4. The fraction of sp³-hybridized carbons (Fsp3) is 0.600. The van der Waals surface area contributed by atoms with Crippen LogP contribution >= 0.6 is 11.8 Å². The topological polar surface area (TPSA) is 107 Å². The number of hydrogen-bond acceptors (Lipinski definition) is 7. The molecule has 0 radical (unpaired) electrons.